The Hall–Kier alpha value is -2.18. The van der Waals surface area contributed by atoms with Crippen LogP contribution in [0.5, 0.6) is 0 Å². The number of nitrogens with zero attached hydrogens (tertiary/aromatic N) is 3. The van der Waals surface area contributed by atoms with Crippen LogP contribution in [0.1, 0.15) is 46.6 Å². The summed E-state index contributed by atoms with van der Waals surface area (Å²) < 4.78 is 5.31. The van der Waals surface area contributed by atoms with Gasteiger partial charge in [-0.15, -0.1) is 10.2 Å². The van der Waals surface area contributed by atoms with E-state index in [0.717, 1.165) is 24.1 Å². The molecule has 0 aromatic carbocycles. The second-order valence-electron chi connectivity index (χ2n) is 4.43. The van der Waals surface area contributed by atoms with Gasteiger partial charge in [-0.2, -0.15) is 5.10 Å². The maximum atomic E-state index is 11.8. The van der Waals surface area contributed by atoms with E-state index in [0.29, 0.717) is 18.4 Å². The van der Waals surface area contributed by atoms with Gasteiger partial charge in [0, 0.05) is 5.92 Å². The maximum Gasteiger partial charge on any atom is 0.309 e. The Morgan fingerprint density at radius 1 is 1.56 bits per heavy atom. The van der Waals surface area contributed by atoms with Crippen LogP contribution in [0.25, 0.3) is 0 Å². The summed E-state index contributed by atoms with van der Waals surface area (Å²) in [6.07, 6.45) is 3.84. The van der Waals surface area contributed by atoms with Crippen LogP contribution in [0.15, 0.2) is 10.6 Å². The van der Waals surface area contributed by atoms with Crippen molar-refractivity contribution in [3.05, 3.63) is 29.2 Å². The number of rotatable bonds is 4. The monoisotopic (exact) mass is 247 g/mol. The van der Waals surface area contributed by atoms with E-state index in [-0.39, 0.29) is 11.8 Å². The highest BCUT2D eigenvalue weighted by molar-refractivity contribution is 5.89. The first kappa shape index (κ1) is 10.9. The molecule has 1 aliphatic rings. The number of H-pyrrole nitrogens is 1. The van der Waals surface area contributed by atoms with Gasteiger partial charge >= 0.3 is 11.8 Å². The number of aromatic amines is 1. The van der Waals surface area contributed by atoms with Crippen LogP contribution in [-0.2, 0) is 6.54 Å². The number of hydrogen-bond acceptors (Lipinski definition) is 5. The van der Waals surface area contributed by atoms with E-state index in [1.54, 1.807) is 6.20 Å². The molecule has 0 spiro atoms. The lowest BCUT2D eigenvalue weighted by atomic mass is 10.3. The highest BCUT2D eigenvalue weighted by Crippen LogP contribution is 2.38. The van der Waals surface area contributed by atoms with Gasteiger partial charge in [0.15, 0.2) is 0 Å². The Morgan fingerprint density at radius 2 is 2.39 bits per heavy atom. The number of hydrogen-bond donors (Lipinski definition) is 2. The fraction of sp³-hybridized carbons (Fsp3) is 0.455. The molecular weight excluding hydrogens is 234 g/mol. The standard InChI is InChI=1S/C11H13N5O2/c1-6-4-13-14-8(6)5-12-9(17)11-16-15-10(18-11)7-2-3-7/h4,7H,2-3,5H2,1H3,(H,12,17)(H,13,14). The van der Waals surface area contributed by atoms with Crippen LogP contribution >= 0.6 is 0 Å². The SMILES string of the molecule is Cc1cn[nH]c1CNC(=O)c1nnc(C2CC2)o1. The molecule has 94 valence electrons. The minimum atomic E-state index is -0.358. The molecule has 2 N–H and O–H groups in total. The van der Waals surface area contributed by atoms with Crippen LogP contribution in [-0.4, -0.2) is 26.3 Å². The van der Waals surface area contributed by atoms with Gasteiger partial charge in [0.05, 0.1) is 18.4 Å². The van der Waals surface area contributed by atoms with Gasteiger partial charge in [0.25, 0.3) is 0 Å². The van der Waals surface area contributed by atoms with Gasteiger partial charge in [-0.05, 0) is 25.3 Å². The molecule has 0 atom stereocenters. The fourth-order valence-electron chi connectivity index (χ4n) is 1.62. The average molecular weight is 247 g/mol. The Morgan fingerprint density at radius 3 is 3.06 bits per heavy atom. The van der Waals surface area contributed by atoms with Crippen molar-refractivity contribution >= 4 is 5.91 Å². The number of aryl methyl sites for hydroxylation is 1. The molecule has 2 aromatic rings. The van der Waals surface area contributed by atoms with Gasteiger partial charge in [-0.25, -0.2) is 0 Å². The Kier molecular flexibility index (Phi) is 2.58. The lowest BCUT2D eigenvalue weighted by Crippen LogP contribution is -2.23. The van der Waals surface area contributed by atoms with Crippen molar-refractivity contribution in [3.63, 3.8) is 0 Å². The van der Waals surface area contributed by atoms with E-state index in [1.165, 1.54) is 0 Å². The highest BCUT2D eigenvalue weighted by atomic mass is 16.4. The van der Waals surface area contributed by atoms with Crippen molar-refractivity contribution in [1.82, 2.24) is 25.7 Å². The lowest BCUT2D eigenvalue weighted by molar-refractivity contribution is 0.0914. The molecule has 7 nitrogen and oxygen atoms in total. The lowest BCUT2D eigenvalue weighted by Gasteiger charge is -2.00. The predicted molar refractivity (Wildman–Crippen MR) is 60.8 cm³/mol. The van der Waals surface area contributed by atoms with E-state index in [1.807, 2.05) is 6.92 Å². The van der Waals surface area contributed by atoms with E-state index in [2.05, 4.69) is 25.7 Å². The molecule has 1 amide bonds. The number of nitrogens with one attached hydrogen (secondary N) is 2. The Balaban J connectivity index is 1.62. The van der Waals surface area contributed by atoms with Crippen LogP contribution in [0.2, 0.25) is 0 Å². The van der Waals surface area contributed by atoms with E-state index in [4.69, 9.17) is 4.42 Å². The van der Waals surface area contributed by atoms with Crippen LogP contribution in [0.3, 0.4) is 0 Å². The summed E-state index contributed by atoms with van der Waals surface area (Å²) in [5.74, 6) is 0.587. The average Bonchev–Trinajstić information content (AvgIpc) is 2.95. The largest absolute Gasteiger partial charge is 0.417 e. The summed E-state index contributed by atoms with van der Waals surface area (Å²) >= 11 is 0. The van der Waals surface area contributed by atoms with Gasteiger partial charge < -0.3 is 9.73 Å². The third-order valence-corrected chi connectivity index (χ3v) is 2.92. The molecule has 0 unspecified atom stereocenters. The molecule has 2 heterocycles. The van der Waals surface area contributed by atoms with E-state index < -0.39 is 0 Å². The van der Waals surface area contributed by atoms with Crippen molar-refractivity contribution in [1.29, 1.82) is 0 Å². The zero-order valence-electron chi connectivity index (χ0n) is 9.93. The smallest absolute Gasteiger partial charge is 0.309 e. The summed E-state index contributed by atoms with van der Waals surface area (Å²) in [5.41, 5.74) is 1.87. The zero-order valence-corrected chi connectivity index (χ0v) is 9.93. The molecule has 7 heteroatoms. The van der Waals surface area contributed by atoms with Crippen molar-refractivity contribution in [2.45, 2.75) is 32.2 Å². The molecule has 1 aliphatic carbocycles. The van der Waals surface area contributed by atoms with Crippen molar-refractivity contribution < 1.29 is 9.21 Å². The first-order valence-corrected chi connectivity index (χ1v) is 5.84. The zero-order chi connectivity index (χ0) is 12.5. The van der Waals surface area contributed by atoms with E-state index in [9.17, 15) is 4.79 Å². The van der Waals surface area contributed by atoms with Crippen molar-refractivity contribution in [2.24, 2.45) is 0 Å². The van der Waals surface area contributed by atoms with Crippen molar-refractivity contribution in [2.75, 3.05) is 0 Å². The second-order valence-corrected chi connectivity index (χ2v) is 4.43. The molecule has 0 saturated heterocycles. The molecule has 1 saturated carbocycles. The number of amides is 1. The molecule has 1 fully saturated rings. The summed E-state index contributed by atoms with van der Waals surface area (Å²) in [6, 6.07) is 0. The van der Waals surface area contributed by atoms with E-state index >= 15 is 0 Å². The quantitative estimate of drug-likeness (QED) is 0.837. The third-order valence-electron chi connectivity index (χ3n) is 2.92. The number of carbonyl (C=O) groups is 1. The number of aromatic nitrogens is 4. The predicted octanol–water partition coefficient (Wildman–Crippen LogP) is 0.909. The number of carbonyl (C=O) groups excluding carboxylic acids is 1. The summed E-state index contributed by atoms with van der Waals surface area (Å²) in [4.78, 5) is 11.8. The first-order valence-electron chi connectivity index (χ1n) is 5.84. The fourth-order valence-corrected chi connectivity index (χ4v) is 1.62. The van der Waals surface area contributed by atoms with Gasteiger partial charge in [-0.1, -0.05) is 0 Å². The Labute approximate surface area is 103 Å². The van der Waals surface area contributed by atoms with Crippen LogP contribution in [0, 0.1) is 6.92 Å². The van der Waals surface area contributed by atoms with Crippen molar-refractivity contribution in [3.8, 4) is 0 Å². The van der Waals surface area contributed by atoms with Gasteiger partial charge in [0.2, 0.25) is 5.89 Å². The first-order chi connectivity index (χ1) is 8.74. The minimum absolute atomic E-state index is 0.0223. The molecule has 0 aliphatic heterocycles. The summed E-state index contributed by atoms with van der Waals surface area (Å²) in [6.45, 7) is 2.29. The molecule has 3 rings (SSSR count). The molecule has 2 aromatic heterocycles. The van der Waals surface area contributed by atoms with Crippen LogP contribution in [0.4, 0.5) is 0 Å². The van der Waals surface area contributed by atoms with Crippen LogP contribution < -0.4 is 5.32 Å². The highest BCUT2D eigenvalue weighted by Gasteiger charge is 2.30. The summed E-state index contributed by atoms with van der Waals surface area (Å²) in [5, 5.41) is 17.0. The molecule has 0 bridgehead atoms. The molecular formula is C11H13N5O2. The normalized spacial score (nSPS) is 14.7. The maximum absolute atomic E-state index is 11.8. The van der Waals surface area contributed by atoms with Gasteiger partial charge in [0.1, 0.15) is 0 Å². The minimum Gasteiger partial charge on any atom is -0.417 e. The molecule has 0 radical (unpaired) electrons. The van der Waals surface area contributed by atoms with Gasteiger partial charge in [-0.3, -0.25) is 9.89 Å². The Bertz CT molecular complexity index is 570. The third kappa shape index (κ3) is 2.11. The second kappa shape index (κ2) is 4.25. The summed E-state index contributed by atoms with van der Waals surface area (Å²) in [7, 11) is 0. The topological polar surface area (TPSA) is 96.7 Å². The molecule has 18 heavy (non-hydrogen) atoms.